The monoisotopic (exact) mass is 424 g/mol. The molecule has 1 aliphatic carbocycles. The van der Waals surface area contributed by atoms with Gasteiger partial charge in [-0.05, 0) is 44.4 Å². The van der Waals surface area contributed by atoms with Crippen LogP contribution in [0.2, 0.25) is 0 Å². The van der Waals surface area contributed by atoms with Gasteiger partial charge in [0.05, 0.1) is 6.07 Å². The van der Waals surface area contributed by atoms with Crippen molar-refractivity contribution in [2.45, 2.75) is 38.5 Å². The quantitative estimate of drug-likeness (QED) is 0.530. The summed E-state index contributed by atoms with van der Waals surface area (Å²) in [7, 11) is 0. The number of aromatic nitrogens is 1. The number of ketones is 1. The maximum absolute atomic E-state index is 12.2. The van der Waals surface area contributed by atoms with E-state index >= 15 is 0 Å². The number of carbonyl (C=O) groups is 2. The van der Waals surface area contributed by atoms with Crippen molar-refractivity contribution in [3.8, 4) is 11.8 Å². The summed E-state index contributed by atoms with van der Waals surface area (Å²) in [5, 5.41) is 12.4. The lowest BCUT2D eigenvalue weighted by molar-refractivity contribution is -0.150. The number of nitriles is 1. The van der Waals surface area contributed by atoms with E-state index in [1.165, 1.54) is 16.9 Å². The number of ether oxygens (including phenoxy) is 2. The van der Waals surface area contributed by atoms with Crippen LogP contribution in [0.25, 0.3) is 11.0 Å². The van der Waals surface area contributed by atoms with Crippen LogP contribution in [0.5, 0.6) is 5.75 Å². The Hall–Kier alpha value is -3.18. The molecule has 0 saturated heterocycles. The van der Waals surface area contributed by atoms with Gasteiger partial charge in [0.25, 0.3) is 0 Å². The highest BCUT2D eigenvalue weighted by atomic mass is 32.1. The van der Waals surface area contributed by atoms with Crippen molar-refractivity contribution < 1.29 is 23.5 Å². The van der Waals surface area contributed by atoms with Crippen LogP contribution in [0.4, 0.5) is 0 Å². The number of carbonyl (C=O) groups excluding carboxylic acids is 2. The van der Waals surface area contributed by atoms with Crippen LogP contribution >= 0.6 is 11.3 Å². The van der Waals surface area contributed by atoms with Crippen molar-refractivity contribution >= 4 is 34.1 Å². The van der Waals surface area contributed by atoms with Crippen LogP contribution in [0.15, 0.2) is 28.0 Å². The first-order valence-electron chi connectivity index (χ1n) is 9.72. The van der Waals surface area contributed by atoms with Crippen molar-refractivity contribution in [2.75, 3.05) is 13.2 Å². The van der Waals surface area contributed by atoms with Crippen molar-refractivity contribution in [3.05, 3.63) is 45.6 Å². The van der Waals surface area contributed by atoms with Gasteiger partial charge in [-0.2, -0.15) is 5.26 Å². The Morgan fingerprint density at radius 1 is 1.30 bits per heavy atom. The van der Waals surface area contributed by atoms with E-state index in [0.29, 0.717) is 10.8 Å². The highest BCUT2D eigenvalue weighted by Gasteiger charge is 2.24. The number of Topliss-reactive ketones (excluding diaryl/α,β-unsaturated/α-hetero) is 1. The number of hydrogen-bond donors (Lipinski definition) is 0. The second-order valence-corrected chi connectivity index (χ2v) is 8.06. The van der Waals surface area contributed by atoms with Gasteiger partial charge in [0.1, 0.15) is 22.1 Å². The maximum Gasteiger partial charge on any atom is 0.344 e. The molecule has 0 saturated carbocycles. The number of fused-ring (bicyclic) bond motifs is 3. The zero-order valence-corrected chi connectivity index (χ0v) is 17.3. The van der Waals surface area contributed by atoms with E-state index in [9.17, 15) is 14.9 Å². The fraction of sp³-hybridized carbons (Fsp3) is 0.364. The van der Waals surface area contributed by atoms with E-state index in [1.807, 2.05) is 18.2 Å². The summed E-state index contributed by atoms with van der Waals surface area (Å²) in [5.41, 5.74) is 2.78. The molecule has 7 nitrogen and oxygen atoms in total. The van der Waals surface area contributed by atoms with Gasteiger partial charge in [0.2, 0.25) is 0 Å². The Labute approximate surface area is 177 Å². The van der Waals surface area contributed by atoms with Gasteiger partial charge in [-0.25, -0.2) is 9.78 Å². The number of hydrogen-bond acceptors (Lipinski definition) is 8. The van der Waals surface area contributed by atoms with Gasteiger partial charge in [-0.1, -0.05) is 0 Å². The molecule has 154 valence electrons. The van der Waals surface area contributed by atoms with Crippen LogP contribution in [-0.2, 0) is 27.2 Å². The minimum atomic E-state index is -1.04. The standard InChI is InChI=1S/C22H20N2O5S/c1-13-12-30-22(24-13)17(9-23)18(25)10-28-21(26)11-27-14-6-7-20-16(8-14)15-4-2-3-5-19(15)29-20/h6-8,12,17H,2-5,10-11H2,1H3. The Morgan fingerprint density at radius 3 is 2.90 bits per heavy atom. The SMILES string of the molecule is Cc1csc(C(C#N)C(=O)COC(=O)COc2ccc3oc4c(c3c2)CCCC4)n1. The first-order valence-corrected chi connectivity index (χ1v) is 10.6. The Balaban J connectivity index is 1.32. The molecule has 1 aliphatic rings. The third kappa shape index (κ3) is 4.21. The molecule has 0 fully saturated rings. The van der Waals surface area contributed by atoms with Gasteiger partial charge >= 0.3 is 5.97 Å². The van der Waals surface area contributed by atoms with E-state index in [0.717, 1.165) is 48.1 Å². The van der Waals surface area contributed by atoms with E-state index in [-0.39, 0.29) is 6.61 Å². The Morgan fingerprint density at radius 2 is 2.13 bits per heavy atom. The molecule has 0 aliphatic heterocycles. The fourth-order valence-electron chi connectivity index (χ4n) is 3.52. The van der Waals surface area contributed by atoms with Crippen LogP contribution in [-0.4, -0.2) is 30.0 Å². The molecular weight excluding hydrogens is 404 g/mol. The molecule has 0 radical (unpaired) electrons. The molecule has 0 bridgehead atoms. The number of benzene rings is 1. The summed E-state index contributed by atoms with van der Waals surface area (Å²) >= 11 is 1.24. The molecule has 2 heterocycles. The van der Waals surface area contributed by atoms with Gasteiger partial charge in [-0.3, -0.25) is 4.79 Å². The molecule has 4 rings (SSSR count). The average Bonchev–Trinajstić information content (AvgIpc) is 3.34. The predicted octanol–water partition coefficient (Wildman–Crippen LogP) is 3.88. The Kier molecular flexibility index (Phi) is 5.81. The number of esters is 1. The number of nitrogens with zero attached hydrogens (tertiary/aromatic N) is 2. The molecule has 8 heteroatoms. The van der Waals surface area contributed by atoms with Crippen molar-refractivity contribution in [1.82, 2.24) is 4.98 Å². The van der Waals surface area contributed by atoms with Gasteiger partial charge in [-0.15, -0.1) is 11.3 Å². The molecular formula is C22H20N2O5S. The van der Waals surface area contributed by atoms with E-state index in [4.69, 9.17) is 13.9 Å². The molecule has 0 spiro atoms. The number of rotatable bonds is 7. The zero-order chi connectivity index (χ0) is 21.1. The molecule has 0 N–H and O–H groups in total. The number of aryl methyl sites for hydroxylation is 3. The Bertz CT molecular complexity index is 1140. The van der Waals surface area contributed by atoms with E-state index in [1.54, 1.807) is 18.4 Å². The number of furan rings is 1. The second kappa shape index (κ2) is 8.67. The van der Waals surface area contributed by atoms with E-state index in [2.05, 4.69) is 4.98 Å². The largest absolute Gasteiger partial charge is 0.482 e. The van der Waals surface area contributed by atoms with E-state index < -0.39 is 24.3 Å². The molecule has 0 amide bonds. The third-order valence-electron chi connectivity index (χ3n) is 4.99. The van der Waals surface area contributed by atoms with Crippen LogP contribution < -0.4 is 4.74 Å². The highest BCUT2D eigenvalue weighted by Crippen LogP contribution is 2.33. The highest BCUT2D eigenvalue weighted by molar-refractivity contribution is 7.09. The summed E-state index contributed by atoms with van der Waals surface area (Å²) in [4.78, 5) is 28.4. The van der Waals surface area contributed by atoms with Gasteiger partial charge in [0.15, 0.2) is 24.9 Å². The average molecular weight is 424 g/mol. The normalized spacial score (nSPS) is 14.0. The molecule has 1 aromatic carbocycles. The first kappa shape index (κ1) is 20.1. The first-order chi connectivity index (χ1) is 14.5. The molecule has 2 aromatic heterocycles. The number of thiazole rings is 1. The lowest BCUT2D eigenvalue weighted by atomic mass is 9.96. The van der Waals surface area contributed by atoms with Crippen molar-refractivity contribution in [2.24, 2.45) is 0 Å². The summed E-state index contributed by atoms with van der Waals surface area (Å²) in [6, 6.07) is 7.37. The second-order valence-electron chi connectivity index (χ2n) is 7.17. The van der Waals surface area contributed by atoms with Gasteiger partial charge in [0, 0.05) is 28.4 Å². The molecule has 1 atom stereocenters. The zero-order valence-electron chi connectivity index (χ0n) is 16.5. The molecule has 30 heavy (non-hydrogen) atoms. The summed E-state index contributed by atoms with van der Waals surface area (Å²) < 4.78 is 16.4. The van der Waals surface area contributed by atoms with Crippen molar-refractivity contribution in [1.29, 1.82) is 5.26 Å². The van der Waals surface area contributed by atoms with Crippen LogP contribution in [0, 0.1) is 18.3 Å². The minimum absolute atomic E-state index is 0.327. The minimum Gasteiger partial charge on any atom is -0.482 e. The molecule has 1 unspecified atom stereocenters. The lowest BCUT2D eigenvalue weighted by Crippen LogP contribution is -2.22. The third-order valence-corrected chi connectivity index (χ3v) is 6.02. The molecule has 3 aromatic rings. The predicted molar refractivity (Wildman–Crippen MR) is 110 cm³/mol. The summed E-state index contributed by atoms with van der Waals surface area (Å²) in [5.74, 6) is -0.648. The maximum atomic E-state index is 12.2. The summed E-state index contributed by atoms with van der Waals surface area (Å²) in [6.45, 7) is 0.965. The lowest BCUT2D eigenvalue weighted by Gasteiger charge is -2.09. The summed E-state index contributed by atoms with van der Waals surface area (Å²) in [6.07, 6.45) is 4.20. The topological polar surface area (TPSA) is 102 Å². The van der Waals surface area contributed by atoms with Crippen LogP contribution in [0.1, 0.15) is 40.8 Å². The fourth-order valence-corrected chi connectivity index (χ4v) is 4.38. The van der Waals surface area contributed by atoms with Crippen molar-refractivity contribution in [3.63, 3.8) is 0 Å². The van der Waals surface area contributed by atoms with Crippen LogP contribution in [0.3, 0.4) is 0 Å². The smallest absolute Gasteiger partial charge is 0.344 e. The van der Waals surface area contributed by atoms with Gasteiger partial charge < -0.3 is 13.9 Å².